The predicted molar refractivity (Wildman–Crippen MR) is 73.9 cm³/mol. The maximum absolute atomic E-state index is 12.3. The van der Waals surface area contributed by atoms with Crippen LogP contribution in [0.1, 0.15) is 16.1 Å². The second-order valence-electron chi connectivity index (χ2n) is 4.23. The van der Waals surface area contributed by atoms with E-state index >= 15 is 0 Å². The fourth-order valence-corrected chi connectivity index (χ4v) is 1.83. The number of nitriles is 1. The minimum Gasteiger partial charge on any atom is -0.320 e. The molecule has 0 unspecified atom stereocenters. The highest BCUT2D eigenvalue weighted by Gasteiger charge is 2.16. The number of benzene rings is 1. The molecule has 20 heavy (non-hydrogen) atoms. The van der Waals surface area contributed by atoms with Gasteiger partial charge in [-0.3, -0.25) is 9.59 Å². The van der Waals surface area contributed by atoms with Crippen molar-refractivity contribution in [1.29, 1.82) is 5.26 Å². The molecule has 1 aromatic heterocycles. The van der Waals surface area contributed by atoms with Crippen molar-refractivity contribution in [3.63, 3.8) is 0 Å². The Labute approximate surface area is 116 Å². The van der Waals surface area contributed by atoms with E-state index in [-0.39, 0.29) is 23.7 Å². The predicted octanol–water partition coefficient (Wildman–Crippen LogP) is 1.54. The number of H-pyrrole nitrogens is 1. The molecule has 2 rings (SSSR count). The molecule has 0 bridgehead atoms. The van der Waals surface area contributed by atoms with Crippen LogP contribution < -0.4 is 5.56 Å². The molecule has 1 heterocycles. The maximum atomic E-state index is 12.3. The molecule has 0 saturated heterocycles. The van der Waals surface area contributed by atoms with Crippen molar-refractivity contribution < 1.29 is 4.79 Å². The van der Waals surface area contributed by atoms with Crippen molar-refractivity contribution in [2.45, 2.75) is 6.54 Å². The van der Waals surface area contributed by atoms with E-state index in [9.17, 15) is 9.59 Å². The molecule has 5 nitrogen and oxygen atoms in total. The zero-order valence-electron chi connectivity index (χ0n) is 10.7. The minimum atomic E-state index is -0.367. The number of aromatic nitrogens is 1. The molecule has 100 valence electrons. The number of nitrogens with zero attached hydrogens (tertiary/aromatic N) is 2. The molecule has 2 aromatic rings. The maximum Gasteiger partial charge on any atom is 0.271 e. The van der Waals surface area contributed by atoms with Crippen LogP contribution in [0.15, 0.2) is 53.3 Å². The minimum absolute atomic E-state index is 0.0371. The fraction of sp³-hybridized carbons (Fsp3) is 0.133. The Balaban J connectivity index is 2.22. The Bertz CT molecular complexity index is 686. The van der Waals surface area contributed by atoms with Gasteiger partial charge in [0.15, 0.2) is 0 Å². The van der Waals surface area contributed by atoms with E-state index in [0.717, 1.165) is 5.56 Å². The van der Waals surface area contributed by atoms with E-state index in [2.05, 4.69) is 4.98 Å². The molecule has 0 aliphatic carbocycles. The van der Waals surface area contributed by atoms with Gasteiger partial charge in [0.25, 0.3) is 5.91 Å². The summed E-state index contributed by atoms with van der Waals surface area (Å²) in [6.07, 6.45) is 0. The van der Waals surface area contributed by atoms with Crippen molar-refractivity contribution in [3.05, 3.63) is 70.1 Å². The number of carbonyl (C=O) groups is 1. The van der Waals surface area contributed by atoms with Crippen LogP contribution in [0.4, 0.5) is 0 Å². The summed E-state index contributed by atoms with van der Waals surface area (Å²) in [7, 11) is 0. The van der Waals surface area contributed by atoms with Gasteiger partial charge in [0.2, 0.25) is 5.56 Å². The second-order valence-corrected chi connectivity index (χ2v) is 4.23. The third-order valence-corrected chi connectivity index (χ3v) is 2.76. The van der Waals surface area contributed by atoms with Crippen LogP contribution in [0.25, 0.3) is 0 Å². The van der Waals surface area contributed by atoms with Gasteiger partial charge >= 0.3 is 0 Å². The molecule has 0 radical (unpaired) electrons. The number of aromatic amines is 1. The van der Waals surface area contributed by atoms with Crippen LogP contribution >= 0.6 is 0 Å². The lowest BCUT2D eigenvalue weighted by Gasteiger charge is -2.19. The SMILES string of the molecule is N#CCN(Cc1ccccc1)C(=O)c1cccc(=O)[nH]1. The van der Waals surface area contributed by atoms with Crippen LogP contribution in [0.3, 0.4) is 0 Å². The molecule has 1 N–H and O–H groups in total. The van der Waals surface area contributed by atoms with Crippen molar-refractivity contribution in [2.75, 3.05) is 6.54 Å². The van der Waals surface area contributed by atoms with Crippen LogP contribution in [0.5, 0.6) is 0 Å². The average Bonchev–Trinajstić information content (AvgIpc) is 2.47. The van der Waals surface area contributed by atoms with Gasteiger partial charge in [-0.1, -0.05) is 36.4 Å². The molecule has 0 spiro atoms. The molecule has 0 fully saturated rings. The van der Waals surface area contributed by atoms with Gasteiger partial charge in [-0.15, -0.1) is 0 Å². The lowest BCUT2D eigenvalue weighted by molar-refractivity contribution is 0.0759. The number of nitrogens with one attached hydrogen (secondary N) is 1. The highest BCUT2D eigenvalue weighted by molar-refractivity contribution is 5.92. The zero-order chi connectivity index (χ0) is 14.4. The van der Waals surface area contributed by atoms with Gasteiger partial charge in [0.1, 0.15) is 12.2 Å². The van der Waals surface area contributed by atoms with E-state index < -0.39 is 0 Å². The van der Waals surface area contributed by atoms with E-state index in [4.69, 9.17) is 5.26 Å². The summed E-state index contributed by atoms with van der Waals surface area (Å²) >= 11 is 0. The van der Waals surface area contributed by atoms with Crippen LogP contribution in [-0.2, 0) is 6.54 Å². The molecule has 1 amide bonds. The number of carbonyl (C=O) groups excluding carboxylic acids is 1. The first-order chi connectivity index (χ1) is 9.70. The Hall–Kier alpha value is -2.87. The number of hydrogen-bond acceptors (Lipinski definition) is 3. The molecule has 0 atom stereocenters. The standard InChI is InChI=1S/C15H13N3O2/c16-9-10-18(11-12-5-2-1-3-6-12)15(20)13-7-4-8-14(19)17-13/h1-8H,10-11H2,(H,17,19). The van der Waals surface area contributed by atoms with Gasteiger partial charge < -0.3 is 9.88 Å². The highest BCUT2D eigenvalue weighted by atomic mass is 16.2. The molecule has 1 aromatic carbocycles. The second kappa shape index (κ2) is 6.34. The number of pyridine rings is 1. The molecule has 0 saturated carbocycles. The zero-order valence-corrected chi connectivity index (χ0v) is 10.7. The van der Waals surface area contributed by atoms with Crippen molar-refractivity contribution in [2.24, 2.45) is 0 Å². The highest BCUT2D eigenvalue weighted by Crippen LogP contribution is 2.07. The molecule has 5 heteroatoms. The summed E-state index contributed by atoms with van der Waals surface area (Å²) in [5, 5.41) is 8.85. The number of rotatable bonds is 4. The van der Waals surface area contributed by atoms with Gasteiger partial charge in [-0.05, 0) is 11.6 Å². The molecular formula is C15H13N3O2. The summed E-state index contributed by atoms with van der Waals surface area (Å²) in [5.41, 5.74) is 0.769. The van der Waals surface area contributed by atoms with E-state index in [1.807, 2.05) is 36.4 Å². The van der Waals surface area contributed by atoms with E-state index in [0.29, 0.717) is 6.54 Å². The Morgan fingerprint density at radius 3 is 2.55 bits per heavy atom. The van der Waals surface area contributed by atoms with Crippen molar-refractivity contribution in [1.82, 2.24) is 9.88 Å². The summed E-state index contributed by atoms with van der Waals surface area (Å²) < 4.78 is 0. The summed E-state index contributed by atoms with van der Waals surface area (Å²) in [5.74, 6) is -0.367. The van der Waals surface area contributed by atoms with Gasteiger partial charge in [-0.2, -0.15) is 5.26 Å². The first-order valence-corrected chi connectivity index (χ1v) is 6.10. The van der Waals surface area contributed by atoms with Crippen LogP contribution in [0, 0.1) is 11.3 Å². The lowest BCUT2D eigenvalue weighted by Crippen LogP contribution is -2.32. The number of amides is 1. The monoisotopic (exact) mass is 267 g/mol. The number of hydrogen-bond donors (Lipinski definition) is 1. The third kappa shape index (κ3) is 3.33. The van der Waals surface area contributed by atoms with E-state index in [1.165, 1.54) is 23.1 Å². The summed E-state index contributed by atoms with van der Waals surface area (Å²) in [4.78, 5) is 27.4. The first kappa shape index (κ1) is 13.6. The third-order valence-electron chi connectivity index (χ3n) is 2.76. The summed E-state index contributed by atoms with van der Waals surface area (Å²) in [6, 6.07) is 15.7. The van der Waals surface area contributed by atoms with Crippen LogP contribution in [-0.4, -0.2) is 22.3 Å². The van der Waals surface area contributed by atoms with E-state index in [1.54, 1.807) is 0 Å². The van der Waals surface area contributed by atoms with Crippen LogP contribution in [0.2, 0.25) is 0 Å². The molecule has 0 aliphatic heterocycles. The largest absolute Gasteiger partial charge is 0.320 e. The van der Waals surface area contributed by atoms with Gasteiger partial charge in [0, 0.05) is 12.6 Å². The van der Waals surface area contributed by atoms with Crippen molar-refractivity contribution >= 4 is 5.91 Å². The Morgan fingerprint density at radius 1 is 1.15 bits per heavy atom. The summed E-state index contributed by atoms with van der Waals surface area (Å²) in [6.45, 7) is 0.287. The average molecular weight is 267 g/mol. The Morgan fingerprint density at radius 2 is 1.90 bits per heavy atom. The van der Waals surface area contributed by atoms with Gasteiger partial charge in [-0.25, -0.2) is 0 Å². The molecular weight excluding hydrogens is 254 g/mol. The fourth-order valence-electron chi connectivity index (χ4n) is 1.83. The normalized spacial score (nSPS) is 9.75. The van der Waals surface area contributed by atoms with Gasteiger partial charge in [0.05, 0.1) is 6.07 Å². The smallest absolute Gasteiger partial charge is 0.271 e. The van der Waals surface area contributed by atoms with Crippen molar-refractivity contribution in [3.8, 4) is 6.07 Å². The first-order valence-electron chi connectivity index (χ1n) is 6.10. The Kier molecular flexibility index (Phi) is 4.30. The quantitative estimate of drug-likeness (QED) is 0.853. The lowest BCUT2D eigenvalue weighted by atomic mass is 10.2. The molecule has 0 aliphatic rings. The topological polar surface area (TPSA) is 77.0 Å².